The Kier molecular flexibility index (Phi) is 6.64. The number of ether oxygens (including phenoxy) is 1. The first-order valence-electron chi connectivity index (χ1n) is 3.91. The van der Waals surface area contributed by atoms with Crippen molar-refractivity contribution in [2.75, 3.05) is 26.3 Å². The number of carboxylic acid groups (broad SMARTS) is 1. The SMILES string of the molecule is C1COCCN1.C[C@H](N)C(=O)O. The molecule has 0 aliphatic carbocycles. The predicted octanol–water partition coefficient (Wildman–Crippen LogP) is -0.976. The predicted molar refractivity (Wildman–Crippen MR) is 45.0 cm³/mol. The summed E-state index contributed by atoms with van der Waals surface area (Å²) in [6.45, 7) is 5.25. The monoisotopic (exact) mass is 176 g/mol. The Balaban J connectivity index is 0.000000202. The molecule has 0 saturated carbocycles. The fraction of sp³-hybridized carbons (Fsp3) is 0.857. The maximum Gasteiger partial charge on any atom is 0.320 e. The van der Waals surface area contributed by atoms with Crippen molar-refractivity contribution in [1.29, 1.82) is 0 Å². The number of aliphatic carboxylic acids is 1. The average molecular weight is 176 g/mol. The third kappa shape index (κ3) is 7.46. The van der Waals surface area contributed by atoms with E-state index in [2.05, 4.69) is 5.32 Å². The quantitative estimate of drug-likeness (QED) is 0.478. The molecule has 0 unspecified atom stereocenters. The molecular formula is C7H16N2O3. The highest BCUT2D eigenvalue weighted by molar-refractivity contribution is 5.72. The molecule has 5 nitrogen and oxygen atoms in total. The van der Waals surface area contributed by atoms with E-state index in [-0.39, 0.29) is 0 Å². The van der Waals surface area contributed by atoms with Crippen LogP contribution >= 0.6 is 0 Å². The molecule has 0 aromatic rings. The van der Waals surface area contributed by atoms with E-state index in [1.807, 2.05) is 0 Å². The maximum atomic E-state index is 9.57. The van der Waals surface area contributed by atoms with Gasteiger partial charge in [0.05, 0.1) is 13.2 Å². The number of morpholine rings is 1. The molecule has 1 fully saturated rings. The van der Waals surface area contributed by atoms with Crippen LogP contribution in [0.1, 0.15) is 6.92 Å². The standard InChI is InChI=1S/C4H9NO.C3H7NO2/c1-3-6-4-2-5-1;1-2(4)3(5)6/h5H,1-4H2;2H,4H2,1H3,(H,5,6)/t;2-/m.0/s1. The molecule has 0 radical (unpaired) electrons. The summed E-state index contributed by atoms with van der Waals surface area (Å²) in [6.07, 6.45) is 0. The normalized spacial score (nSPS) is 18.8. The molecule has 1 atom stereocenters. The van der Waals surface area contributed by atoms with Crippen LogP contribution in [0, 0.1) is 0 Å². The van der Waals surface area contributed by atoms with Gasteiger partial charge in [0, 0.05) is 13.1 Å². The summed E-state index contributed by atoms with van der Waals surface area (Å²) in [6, 6.07) is -0.731. The second kappa shape index (κ2) is 7.02. The van der Waals surface area contributed by atoms with E-state index in [0.29, 0.717) is 0 Å². The number of nitrogens with one attached hydrogen (secondary N) is 1. The summed E-state index contributed by atoms with van der Waals surface area (Å²) in [5.41, 5.74) is 4.84. The van der Waals surface area contributed by atoms with Crippen LogP contribution in [-0.2, 0) is 9.53 Å². The van der Waals surface area contributed by atoms with Crippen molar-refractivity contribution in [1.82, 2.24) is 5.32 Å². The van der Waals surface area contributed by atoms with Gasteiger partial charge in [-0.15, -0.1) is 0 Å². The van der Waals surface area contributed by atoms with E-state index in [1.165, 1.54) is 6.92 Å². The molecule has 1 rings (SSSR count). The van der Waals surface area contributed by atoms with Gasteiger partial charge in [-0.1, -0.05) is 0 Å². The highest BCUT2D eigenvalue weighted by Crippen LogP contribution is 1.76. The molecule has 1 aliphatic rings. The van der Waals surface area contributed by atoms with E-state index < -0.39 is 12.0 Å². The molecule has 0 aromatic carbocycles. The van der Waals surface area contributed by atoms with Gasteiger partial charge in [0.25, 0.3) is 0 Å². The topological polar surface area (TPSA) is 84.6 Å². The van der Waals surface area contributed by atoms with Gasteiger partial charge in [-0.05, 0) is 6.92 Å². The molecule has 4 N–H and O–H groups in total. The van der Waals surface area contributed by atoms with Crippen molar-refractivity contribution >= 4 is 5.97 Å². The van der Waals surface area contributed by atoms with Crippen LogP contribution in [0.5, 0.6) is 0 Å². The fourth-order valence-corrected chi connectivity index (χ4v) is 0.516. The first-order valence-corrected chi connectivity index (χ1v) is 3.91. The summed E-state index contributed by atoms with van der Waals surface area (Å²) < 4.78 is 5.01. The third-order valence-corrected chi connectivity index (χ3v) is 1.24. The number of carbonyl (C=O) groups is 1. The van der Waals surface area contributed by atoms with Gasteiger partial charge in [-0.25, -0.2) is 0 Å². The summed E-state index contributed by atoms with van der Waals surface area (Å²) in [7, 11) is 0. The first-order chi connectivity index (χ1) is 5.64. The Bertz CT molecular complexity index is 112. The van der Waals surface area contributed by atoms with Gasteiger partial charge >= 0.3 is 5.97 Å². The second-order valence-corrected chi connectivity index (χ2v) is 2.49. The van der Waals surface area contributed by atoms with E-state index in [0.717, 1.165) is 26.3 Å². The summed E-state index contributed by atoms with van der Waals surface area (Å²) in [4.78, 5) is 9.57. The average Bonchev–Trinajstić information content (AvgIpc) is 2.08. The van der Waals surface area contributed by atoms with Gasteiger partial charge in [-0.2, -0.15) is 0 Å². The van der Waals surface area contributed by atoms with E-state index in [1.54, 1.807) is 0 Å². The zero-order valence-electron chi connectivity index (χ0n) is 7.25. The zero-order chi connectivity index (χ0) is 9.40. The molecule has 72 valence electrons. The number of nitrogens with two attached hydrogens (primary N) is 1. The molecule has 0 aromatic heterocycles. The number of hydrogen-bond donors (Lipinski definition) is 3. The number of carboxylic acids is 1. The van der Waals surface area contributed by atoms with Gasteiger partial charge in [-0.3, -0.25) is 4.79 Å². The molecule has 12 heavy (non-hydrogen) atoms. The minimum absolute atomic E-state index is 0.731. The van der Waals surface area contributed by atoms with Crippen molar-refractivity contribution < 1.29 is 14.6 Å². The Hall–Kier alpha value is -0.650. The van der Waals surface area contributed by atoms with Gasteiger partial charge in [0.15, 0.2) is 0 Å². The molecule has 1 aliphatic heterocycles. The number of hydrogen-bond acceptors (Lipinski definition) is 4. The van der Waals surface area contributed by atoms with Crippen LogP contribution in [0.25, 0.3) is 0 Å². The van der Waals surface area contributed by atoms with Gasteiger partial charge < -0.3 is 20.9 Å². The summed E-state index contributed by atoms with van der Waals surface area (Å²) in [5.74, 6) is -0.963. The van der Waals surface area contributed by atoms with Crippen molar-refractivity contribution in [3.63, 3.8) is 0 Å². The summed E-state index contributed by atoms with van der Waals surface area (Å²) >= 11 is 0. The van der Waals surface area contributed by atoms with Gasteiger partial charge in [0.1, 0.15) is 6.04 Å². The lowest BCUT2D eigenvalue weighted by molar-refractivity contribution is -0.138. The Morgan fingerprint density at radius 1 is 1.58 bits per heavy atom. The van der Waals surface area contributed by atoms with E-state index >= 15 is 0 Å². The maximum absolute atomic E-state index is 9.57. The fourth-order valence-electron chi connectivity index (χ4n) is 0.516. The van der Waals surface area contributed by atoms with Crippen molar-refractivity contribution in [2.24, 2.45) is 5.73 Å². The largest absolute Gasteiger partial charge is 0.480 e. The third-order valence-electron chi connectivity index (χ3n) is 1.24. The zero-order valence-corrected chi connectivity index (χ0v) is 7.25. The Labute approximate surface area is 71.9 Å². The van der Waals surface area contributed by atoms with Crippen LogP contribution in [0.4, 0.5) is 0 Å². The smallest absolute Gasteiger partial charge is 0.320 e. The highest BCUT2D eigenvalue weighted by atomic mass is 16.5. The van der Waals surface area contributed by atoms with E-state index in [4.69, 9.17) is 15.6 Å². The highest BCUT2D eigenvalue weighted by Gasteiger charge is 1.99. The van der Waals surface area contributed by atoms with Crippen molar-refractivity contribution in [3.05, 3.63) is 0 Å². The lowest BCUT2D eigenvalue weighted by Gasteiger charge is -2.10. The van der Waals surface area contributed by atoms with Crippen LogP contribution in [0.3, 0.4) is 0 Å². The lowest BCUT2D eigenvalue weighted by atomic mass is 10.4. The van der Waals surface area contributed by atoms with Crippen LogP contribution in [0.15, 0.2) is 0 Å². The molecule has 0 spiro atoms. The second-order valence-electron chi connectivity index (χ2n) is 2.49. The van der Waals surface area contributed by atoms with Crippen LogP contribution in [0.2, 0.25) is 0 Å². The minimum Gasteiger partial charge on any atom is -0.480 e. The molecule has 0 amide bonds. The first kappa shape index (κ1) is 11.4. The Morgan fingerprint density at radius 2 is 2.00 bits per heavy atom. The summed E-state index contributed by atoms with van der Waals surface area (Å²) in [5, 5.41) is 11.0. The molecule has 1 saturated heterocycles. The molecule has 1 heterocycles. The van der Waals surface area contributed by atoms with Gasteiger partial charge in [0.2, 0.25) is 0 Å². The molecule has 5 heteroatoms. The number of rotatable bonds is 1. The minimum atomic E-state index is -0.963. The van der Waals surface area contributed by atoms with Crippen LogP contribution < -0.4 is 11.1 Å². The van der Waals surface area contributed by atoms with Crippen LogP contribution in [-0.4, -0.2) is 43.4 Å². The van der Waals surface area contributed by atoms with Crippen molar-refractivity contribution in [3.8, 4) is 0 Å². The molecule has 0 bridgehead atoms. The Morgan fingerprint density at radius 3 is 2.08 bits per heavy atom. The molecular weight excluding hydrogens is 160 g/mol. The van der Waals surface area contributed by atoms with E-state index in [9.17, 15) is 4.79 Å². The van der Waals surface area contributed by atoms with Crippen molar-refractivity contribution in [2.45, 2.75) is 13.0 Å². The lowest BCUT2D eigenvalue weighted by Crippen LogP contribution is -2.30.